The summed E-state index contributed by atoms with van der Waals surface area (Å²) in [4.78, 5) is 12.1. The van der Waals surface area contributed by atoms with Gasteiger partial charge in [0.05, 0.1) is 12.0 Å². The molecule has 0 spiro atoms. The molecule has 0 aliphatic carbocycles. The average Bonchev–Trinajstić information content (AvgIpc) is 2.55. The molecule has 23 heavy (non-hydrogen) atoms. The number of piperidine rings is 1. The molecular weight excluding hydrogens is 316 g/mol. The van der Waals surface area contributed by atoms with Gasteiger partial charge in [0.15, 0.2) is 0 Å². The number of ether oxygens (including phenoxy) is 1. The highest BCUT2D eigenvalue weighted by molar-refractivity contribution is 7.89. The third-order valence-electron chi connectivity index (χ3n) is 4.18. The standard InChI is InChI=1S/C16H24N2O4S/c1-4-17-16(19)13-7-9-18(10-8-13)23(20,21)14-5-6-15(22-3)12(2)11-14/h5-6,11,13H,4,7-10H2,1-3H3,(H,17,19). The highest BCUT2D eigenvalue weighted by Crippen LogP contribution is 2.27. The van der Waals surface area contributed by atoms with Gasteiger partial charge in [-0.05, 0) is 50.5 Å². The Morgan fingerprint density at radius 2 is 2.00 bits per heavy atom. The molecule has 0 bridgehead atoms. The first kappa shape index (κ1) is 17.7. The number of benzene rings is 1. The number of methoxy groups -OCH3 is 1. The second-order valence-corrected chi connectivity index (χ2v) is 7.64. The molecule has 1 aliphatic heterocycles. The first-order valence-electron chi connectivity index (χ1n) is 7.82. The highest BCUT2D eigenvalue weighted by Gasteiger charge is 2.32. The van der Waals surface area contributed by atoms with Gasteiger partial charge in [-0.25, -0.2) is 8.42 Å². The Morgan fingerprint density at radius 1 is 1.35 bits per heavy atom. The first-order valence-corrected chi connectivity index (χ1v) is 9.26. The third kappa shape index (κ3) is 3.84. The van der Waals surface area contributed by atoms with Crippen LogP contribution in [0.15, 0.2) is 23.1 Å². The van der Waals surface area contributed by atoms with Gasteiger partial charge in [0.25, 0.3) is 0 Å². The second-order valence-electron chi connectivity index (χ2n) is 5.70. The predicted octanol–water partition coefficient (Wildman–Crippen LogP) is 1.54. The molecule has 1 fully saturated rings. The maximum atomic E-state index is 12.7. The molecule has 0 aromatic heterocycles. The van der Waals surface area contributed by atoms with Gasteiger partial charge in [-0.2, -0.15) is 4.31 Å². The second kappa shape index (κ2) is 7.31. The maximum absolute atomic E-state index is 12.7. The number of rotatable bonds is 5. The zero-order valence-corrected chi connectivity index (χ0v) is 14.6. The van der Waals surface area contributed by atoms with Crippen molar-refractivity contribution >= 4 is 15.9 Å². The summed E-state index contributed by atoms with van der Waals surface area (Å²) in [5, 5.41) is 2.80. The lowest BCUT2D eigenvalue weighted by Gasteiger charge is -2.30. The number of amides is 1. The summed E-state index contributed by atoms with van der Waals surface area (Å²) in [6.07, 6.45) is 1.11. The van der Waals surface area contributed by atoms with Crippen LogP contribution < -0.4 is 10.1 Å². The van der Waals surface area contributed by atoms with Crippen molar-refractivity contribution in [2.45, 2.75) is 31.6 Å². The van der Waals surface area contributed by atoms with Crippen LogP contribution in [-0.4, -0.2) is 45.4 Å². The number of hydrogen-bond acceptors (Lipinski definition) is 4. The smallest absolute Gasteiger partial charge is 0.243 e. The predicted molar refractivity (Wildman–Crippen MR) is 87.9 cm³/mol. The molecule has 1 N–H and O–H groups in total. The van der Waals surface area contributed by atoms with E-state index in [4.69, 9.17) is 4.74 Å². The van der Waals surface area contributed by atoms with Gasteiger partial charge < -0.3 is 10.1 Å². The Morgan fingerprint density at radius 3 is 2.52 bits per heavy atom. The van der Waals surface area contributed by atoms with Crippen molar-refractivity contribution < 1.29 is 17.9 Å². The van der Waals surface area contributed by atoms with Crippen molar-refractivity contribution in [2.75, 3.05) is 26.7 Å². The van der Waals surface area contributed by atoms with E-state index in [2.05, 4.69) is 5.32 Å². The molecule has 1 aromatic carbocycles. The Bertz CT molecular complexity index is 665. The molecule has 1 aliphatic rings. The molecule has 128 valence electrons. The van der Waals surface area contributed by atoms with Crippen molar-refractivity contribution in [3.05, 3.63) is 23.8 Å². The molecule has 1 amide bonds. The van der Waals surface area contributed by atoms with Gasteiger partial charge in [0.2, 0.25) is 15.9 Å². The fourth-order valence-corrected chi connectivity index (χ4v) is 4.39. The fourth-order valence-electron chi connectivity index (χ4n) is 2.84. The lowest BCUT2D eigenvalue weighted by molar-refractivity contribution is -0.126. The Labute approximate surface area is 137 Å². The van der Waals surface area contributed by atoms with E-state index < -0.39 is 10.0 Å². The van der Waals surface area contributed by atoms with E-state index in [1.807, 2.05) is 13.8 Å². The van der Waals surface area contributed by atoms with E-state index in [9.17, 15) is 13.2 Å². The molecule has 0 saturated carbocycles. The number of nitrogens with zero attached hydrogens (tertiary/aromatic N) is 1. The van der Waals surface area contributed by atoms with Crippen LogP contribution in [0.4, 0.5) is 0 Å². The van der Waals surface area contributed by atoms with Gasteiger partial charge >= 0.3 is 0 Å². The summed E-state index contributed by atoms with van der Waals surface area (Å²) in [6.45, 7) is 5.04. The Balaban J connectivity index is 2.10. The molecule has 0 unspecified atom stereocenters. The third-order valence-corrected chi connectivity index (χ3v) is 6.07. The largest absolute Gasteiger partial charge is 0.496 e. The minimum absolute atomic E-state index is 0.0184. The van der Waals surface area contributed by atoms with E-state index in [1.54, 1.807) is 25.3 Å². The molecule has 7 heteroatoms. The van der Waals surface area contributed by atoms with Crippen molar-refractivity contribution in [1.82, 2.24) is 9.62 Å². The number of carbonyl (C=O) groups excluding carboxylic acids is 1. The van der Waals surface area contributed by atoms with Crippen LogP contribution in [0.3, 0.4) is 0 Å². The molecule has 1 heterocycles. The summed E-state index contributed by atoms with van der Waals surface area (Å²) in [6, 6.07) is 4.87. The quantitative estimate of drug-likeness (QED) is 0.882. The van der Waals surface area contributed by atoms with E-state index >= 15 is 0 Å². The Hall–Kier alpha value is -1.60. The number of carbonyl (C=O) groups is 1. The van der Waals surface area contributed by atoms with E-state index in [0.29, 0.717) is 38.2 Å². The van der Waals surface area contributed by atoms with Crippen LogP contribution in [0.1, 0.15) is 25.3 Å². The average molecular weight is 340 g/mol. The molecule has 1 saturated heterocycles. The zero-order valence-electron chi connectivity index (χ0n) is 13.8. The summed E-state index contributed by atoms with van der Waals surface area (Å²) >= 11 is 0. The van der Waals surface area contributed by atoms with Crippen molar-refractivity contribution in [2.24, 2.45) is 5.92 Å². The number of nitrogens with one attached hydrogen (secondary N) is 1. The van der Waals surface area contributed by atoms with Crippen molar-refractivity contribution in [1.29, 1.82) is 0 Å². The maximum Gasteiger partial charge on any atom is 0.243 e. The first-order chi connectivity index (χ1) is 10.9. The summed E-state index contributed by atoms with van der Waals surface area (Å²) in [5.74, 6) is 0.586. The zero-order chi connectivity index (χ0) is 17.0. The lowest BCUT2D eigenvalue weighted by Crippen LogP contribution is -2.42. The normalized spacial score (nSPS) is 17.0. The van der Waals surface area contributed by atoms with E-state index in [-0.39, 0.29) is 16.7 Å². The monoisotopic (exact) mass is 340 g/mol. The van der Waals surface area contributed by atoms with Crippen LogP contribution >= 0.6 is 0 Å². The van der Waals surface area contributed by atoms with Crippen molar-refractivity contribution in [3.8, 4) is 5.75 Å². The SMILES string of the molecule is CCNC(=O)C1CCN(S(=O)(=O)c2ccc(OC)c(C)c2)CC1. The molecule has 6 nitrogen and oxygen atoms in total. The van der Waals surface area contributed by atoms with Crippen LogP contribution in [0, 0.1) is 12.8 Å². The fraction of sp³-hybridized carbons (Fsp3) is 0.562. The number of hydrogen-bond donors (Lipinski definition) is 1. The van der Waals surface area contributed by atoms with Crippen LogP contribution in [-0.2, 0) is 14.8 Å². The van der Waals surface area contributed by atoms with Crippen LogP contribution in [0.5, 0.6) is 5.75 Å². The number of aryl methyl sites for hydroxylation is 1. The van der Waals surface area contributed by atoms with Crippen LogP contribution in [0.2, 0.25) is 0 Å². The number of sulfonamides is 1. The van der Waals surface area contributed by atoms with Gasteiger partial charge in [-0.3, -0.25) is 4.79 Å². The minimum atomic E-state index is -3.52. The molecular formula is C16H24N2O4S. The van der Waals surface area contributed by atoms with Crippen molar-refractivity contribution in [3.63, 3.8) is 0 Å². The summed E-state index contributed by atoms with van der Waals surface area (Å²) in [7, 11) is -1.97. The topological polar surface area (TPSA) is 75.7 Å². The van der Waals surface area contributed by atoms with Gasteiger partial charge in [-0.1, -0.05) is 0 Å². The summed E-state index contributed by atoms with van der Waals surface area (Å²) < 4.78 is 32.1. The van der Waals surface area contributed by atoms with E-state index in [1.165, 1.54) is 4.31 Å². The molecule has 1 aromatic rings. The molecule has 0 atom stereocenters. The summed E-state index contributed by atoms with van der Waals surface area (Å²) in [5.41, 5.74) is 0.783. The van der Waals surface area contributed by atoms with E-state index in [0.717, 1.165) is 5.56 Å². The Kier molecular flexibility index (Phi) is 5.64. The minimum Gasteiger partial charge on any atom is -0.496 e. The molecule has 0 radical (unpaired) electrons. The highest BCUT2D eigenvalue weighted by atomic mass is 32.2. The van der Waals surface area contributed by atoms with Crippen LogP contribution in [0.25, 0.3) is 0 Å². The molecule has 2 rings (SSSR count). The van der Waals surface area contributed by atoms with Gasteiger partial charge in [-0.15, -0.1) is 0 Å². The van der Waals surface area contributed by atoms with Gasteiger partial charge in [0.1, 0.15) is 5.75 Å². The lowest BCUT2D eigenvalue weighted by atomic mass is 9.97. The van der Waals surface area contributed by atoms with Gasteiger partial charge in [0, 0.05) is 25.6 Å².